The Bertz CT molecular complexity index is 312. The number of halogens is 2. The van der Waals surface area contributed by atoms with E-state index >= 15 is 0 Å². The number of hydrogen-bond donors (Lipinski definition) is 0. The molecule has 0 radical (unpaired) electrons. The van der Waals surface area contributed by atoms with Crippen LogP contribution in [0.5, 0.6) is 0 Å². The van der Waals surface area contributed by atoms with Gasteiger partial charge in [-0.25, -0.2) is 8.78 Å². The third-order valence-electron chi connectivity index (χ3n) is 2.41. The van der Waals surface area contributed by atoms with Crippen LogP contribution in [0.25, 0.3) is 0 Å². The van der Waals surface area contributed by atoms with E-state index in [1.54, 1.807) is 6.07 Å². The highest BCUT2D eigenvalue weighted by molar-refractivity contribution is 7.65. The first-order chi connectivity index (χ1) is 7.19. The minimum Gasteiger partial charge on any atom is -0.207 e. The molecule has 0 aliphatic rings. The molecular formula is C12H17F2P. The zero-order valence-corrected chi connectivity index (χ0v) is 10.2. The highest BCUT2D eigenvalue weighted by Crippen LogP contribution is 2.35. The summed E-state index contributed by atoms with van der Waals surface area (Å²) >= 11 is 0. The van der Waals surface area contributed by atoms with E-state index in [2.05, 4.69) is 13.8 Å². The van der Waals surface area contributed by atoms with Crippen LogP contribution in [-0.4, -0.2) is 12.3 Å². The van der Waals surface area contributed by atoms with Crippen molar-refractivity contribution in [3.05, 3.63) is 29.8 Å². The van der Waals surface area contributed by atoms with Crippen LogP contribution >= 0.6 is 7.92 Å². The second-order valence-corrected chi connectivity index (χ2v) is 6.17. The molecule has 0 aliphatic heterocycles. The summed E-state index contributed by atoms with van der Waals surface area (Å²) in [6.45, 7) is 4.20. The predicted octanol–water partition coefficient (Wildman–Crippen LogP) is 3.89. The summed E-state index contributed by atoms with van der Waals surface area (Å²) in [4.78, 5) is 0. The summed E-state index contributed by atoms with van der Waals surface area (Å²) in [5.74, 6) is -0.864. The number of benzene rings is 1. The van der Waals surface area contributed by atoms with Gasteiger partial charge in [-0.1, -0.05) is 28.2 Å². The second kappa shape index (κ2) is 6.17. The van der Waals surface area contributed by atoms with E-state index in [-0.39, 0.29) is 5.82 Å². The standard InChI is InChI=1S/C12H17F2P/c1-3-5-8-15(4-2)12-7-6-10(13)9-11(12)14/h6-7,9H,3-5,8H2,1-2H3. The van der Waals surface area contributed by atoms with E-state index in [0.717, 1.165) is 36.5 Å². The molecule has 3 heteroatoms. The maximum atomic E-state index is 13.5. The van der Waals surface area contributed by atoms with E-state index in [1.165, 1.54) is 6.07 Å². The topological polar surface area (TPSA) is 0 Å². The van der Waals surface area contributed by atoms with Gasteiger partial charge in [0.15, 0.2) is 0 Å². The molecular weight excluding hydrogens is 213 g/mol. The summed E-state index contributed by atoms with van der Waals surface area (Å²) in [5.41, 5.74) is 0. The summed E-state index contributed by atoms with van der Waals surface area (Å²) in [7, 11) is -0.434. The lowest BCUT2D eigenvalue weighted by atomic mass is 10.3. The van der Waals surface area contributed by atoms with Gasteiger partial charge >= 0.3 is 0 Å². The quantitative estimate of drug-likeness (QED) is 0.673. The molecule has 0 nitrogen and oxygen atoms in total. The second-order valence-electron chi connectivity index (χ2n) is 3.53. The molecule has 0 saturated heterocycles. The Labute approximate surface area is 91.5 Å². The Balaban J connectivity index is 2.81. The fourth-order valence-electron chi connectivity index (χ4n) is 1.54. The molecule has 0 bridgehead atoms. The van der Waals surface area contributed by atoms with Crippen molar-refractivity contribution in [2.45, 2.75) is 26.7 Å². The number of rotatable bonds is 5. The first-order valence-electron chi connectivity index (χ1n) is 5.39. The summed E-state index contributed by atoms with van der Waals surface area (Å²) in [5, 5.41) is 0.724. The van der Waals surface area contributed by atoms with E-state index in [4.69, 9.17) is 0 Å². The average Bonchev–Trinajstić information content (AvgIpc) is 2.21. The highest BCUT2D eigenvalue weighted by Gasteiger charge is 2.13. The first kappa shape index (κ1) is 12.6. The van der Waals surface area contributed by atoms with Crippen molar-refractivity contribution in [3.8, 4) is 0 Å². The Morgan fingerprint density at radius 3 is 2.47 bits per heavy atom. The molecule has 0 N–H and O–H groups in total. The van der Waals surface area contributed by atoms with Gasteiger partial charge < -0.3 is 0 Å². The van der Waals surface area contributed by atoms with Gasteiger partial charge in [-0.15, -0.1) is 0 Å². The smallest absolute Gasteiger partial charge is 0.133 e. The molecule has 0 amide bonds. The Kier molecular flexibility index (Phi) is 5.17. The van der Waals surface area contributed by atoms with Crippen molar-refractivity contribution >= 4 is 13.2 Å². The lowest BCUT2D eigenvalue weighted by molar-refractivity contribution is 0.588. The third kappa shape index (κ3) is 3.53. The molecule has 1 atom stereocenters. The molecule has 0 heterocycles. The maximum Gasteiger partial charge on any atom is 0.133 e. The molecule has 84 valence electrons. The van der Waals surface area contributed by atoms with Gasteiger partial charge in [-0.3, -0.25) is 0 Å². The Morgan fingerprint density at radius 1 is 1.20 bits per heavy atom. The molecule has 1 aromatic carbocycles. The zero-order chi connectivity index (χ0) is 11.3. The predicted molar refractivity (Wildman–Crippen MR) is 63.2 cm³/mol. The first-order valence-corrected chi connectivity index (χ1v) is 7.10. The van der Waals surface area contributed by atoms with Gasteiger partial charge in [0.05, 0.1) is 0 Å². The highest BCUT2D eigenvalue weighted by atomic mass is 31.1. The number of unbranched alkanes of at least 4 members (excludes halogenated alkanes) is 1. The maximum absolute atomic E-state index is 13.5. The lowest BCUT2D eigenvalue weighted by Gasteiger charge is -2.16. The molecule has 0 spiro atoms. The molecule has 1 rings (SSSR count). The van der Waals surface area contributed by atoms with Crippen LogP contribution in [-0.2, 0) is 0 Å². The van der Waals surface area contributed by atoms with Crippen LogP contribution in [0.1, 0.15) is 26.7 Å². The molecule has 0 aromatic heterocycles. The SMILES string of the molecule is CCCCP(CC)c1ccc(F)cc1F. The number of hydrogen-bond acceptors (Lipinski definition) is 0. The van der Waals surface area contributed by atoms with Crippen molar-refractivity contribution in [3.63, 3.8) is 0 Å². The van der Waals surface area contributed by atoms with Crippen LogP contribution < -0.4 is 5.30 Å². The van der Waals surface area contributed by atoms with E-state index < -0.39 is 13.7 Å². The van der Waals surface area contributed by atoms with Gasteiger partial charge in [-0.2, -0.15) is 0 Å². The average molecular weight is 230 g/mol. The lowest BCUT2D eigenvalue weighted by Crippen LogP contribution is -2.10. The summed E-state index contributed by atoms with van der Waals surface area (Å²) in [6, 6.07) is 3.96. The van der Waals surface area contributed by atoms with E-state index in [0.29, 0.717) is 0 Å². The van der Waals surface area contributed by atoms with E-state index in [1.807, 2.05) is 0 Å². The van der Waals surface area contributed by atoms with Gasteiger partial charge in [-0.05, 0) is 30.9 Å². The molecule has 15 heavy (non-hydrogen) atoms. The van der Waals surface area contributed by atoms with Crippen LogP contribution in [0.3, 0.4) is 0 Å². The Morgan fingerprint density at radius 2 is 1.93 bits per heavy atom. The minimum absolute atomic E-state index is 0.376. The van der Waals surface area contributed by atoms with Gasteiger partial charge in [0.2, 0.25) is 0 Å². The van der Waals surface area contributed by atoms with Gasteiger partial charge in [0.25, 0.3) is 0 Å². The van der Waals surface area contributed by atoms with Crippen molar-refractivity contribution in [1.82, 2.24) is 0 Å². The molecule has 1 aromatic rings. The van der Waals surface area contributed by atoms with E-state index in [9.17, 15) is 8.78 Å². The van der Waals surface area contributed by atoms with Gasteiger partial charge in [0.1, 0.15) is 11.6 Å². The fraction of sp³-hybridized carbons (Fsp3) is 0.500. The van der Waals surface area contributed by atoms with Crippen LogP contribution in [0.2, 0.25) is 0 Å². The van der Waals surface area contributed by atoms with Crippen molar-refractivity contribution in [2.75, 3.05) is 12.3 Å². The van der Waals surface area contributed by atoms with Gasteiger partial charge in [0, 0.05) is 11.4 Å². The largest absolute Gasteiger partial charge is 0.207 e. The van der Waals surface area contributed by atoms with Crippen molar-refractivity contribution in [1.29, 1.82) is 0 Å². The summed E-state index contributed by atoms with van der Waals surface area (Å²) < 4.78 is 26.2. The Hall–Kier alpha value is -0.490. The normalized spacial score (nSPS) is 12.8. The monoisotopic (exact) mass is 230 g/mol. The zero-order valence-electron chi connectivity index (χ0n) is 9.26. The molecule has 0 fully saturated rings. The van der Waals surface area contributed by atoms with Crippen LogP contribution in [0, 0.1) is 11.6 Å². The third-order valence-corrected chi connectivity index (χ3v) is 5.08. The van der Waals surface area contributed by atoms with Crippen molar-refractivity contribution < 1.29 is 8.78 Å². The van der Waals surface area contributed by atoms with Crippen molar-refractivity contribution in [2.24, 2.45) is 0 Å². The van der Waals surface area contributed by atoms with Crippen LogP contribution in [0.15, 0.2) is 18.2 Å². The molecule has 0 saturated carbocycles. The molecule has 0 aliphatic carbocycles. The minimum atomic E-state index is -0.488. The fourth-order valence-corrected chi connectivity index (χ4v) is 3.78. The summed E-state index contributed by atoms with van der Waals surface area (Å²) in [6.07, 6.45) is 4.26. The van der Waals surface area contributed by atoms with Crippen LogP contribution in [0.4, 0.5) is 8.78 Å². The molecule has 1 unspecified atom stereocenters.